The van der Waals surface area contributed by atoms with Gasteiger partial charge in [-0.05, 0) is 47.4 Å². The molecule has 0 aliphatic carbocycles. The standard InChI is InChI=1S/C21H23NO4/c1-14(2)11-22(12-15-3-5-19-20(9-15)26-13-25-19)21(23)17-4-6-18-16(10-17)7-8-24-18/h3-6,9-10,14H,7-8,11-13H2,1-2H3. The van der Waals surface area contributed by atoms with Crippen molar-refractivity contribution in [1.29, 1.82) is 0 Å². The predicted octanol–water partition coefficient (Wildman–Crippen LogP) is 3.65. The molecule has 136 valence electrons. The molecule has 4 rings (SSSR count). The largest absolute Gasteiger partial charge is 0.493 e. The van der Waals surface area contributed by atoms with Gasteiger partial charge >= 0.3 is 0 Å². The maximum atomic E-state index is 13.1. The fourth-order valence-corrected chi connectivity index (χ4v) is 3.42. The van der Waals surface area contributed by atoms with Crippen LogP contribution in [0.5, 0.6) is 17.2 Å². The van der Waals surface area contributed by atoms with Crippen molar-refractivity contribution >= 4 is 5.91 Å². The van der Waals surface area contributed by atoms with Gasteiger partial charge in [0.1, 0.15) is 5.75 Å². The van der Waals surface area contributed by atoms with Gasteiger partial charge < -0.3 is 19.1 Å². The molecule has 0 fully saturated rings. The molecule has 0 saturated carbocycles. The van der Waals surface area contributed by atoms with E-state index in [1.54, 1.807) is 0 Å². The highest BCUT2D eigenvalue weighted by Crippen LogP contribution is 2.33. The Hall–Kier alpha value is -2.69. The normalized spacial score (nSPS) is 14.3. The summed E-state index contributed by atoms with van der Waals surface area (Å²) in [5.41, 5.74) is 2.87. The summed E-state index contributed by atoms with van der Waals surface area (Å²) in [7, 11) is 0. The SMILES string of the molecule is CC(C)CN(Cc1ccc2c(c1)OCO2)C(=O)c1ccc2c(c1)CCO2. The Balaban J connectivity index is 1.57. The third kappa shape index (κ3) is 3.34. The van der Waals surface area contributed by atoms with Crippen LogP contribution >= 0.6 is 0 Å². The van der Waals surface area contributed by atoms with Crippen molar-refractivity contribution in [2.45, 2.75) is 26.8 Å². The highest BCUT2D eigenvalue weighted by Gasteiger charge is 2.21. The molecule has 5 heteroatoms. The van der Waals surface area contributed by atoms with Gasteiger partial charge in [-0.2, -0.15) is 0 Å². The number of fused-ring (bicyclic) bond motifs is 2. The lowest BCUT2D eigenvalue weighted by Crippen LogP contribution is -2.33. The van der Waals surface area contributed by atoms with E-state index in [1.807, 2.05) is 41.3 Å². The van der Waals surface area contributed by atoms with Crippen LogP contribution in [0.25, 0.3) is 0 Å². The number of nitrogens with zero attached hydrogens (tertiary/aromatic N) is 1. The van der Waals surface area contributed by atoms with Crippen molar-refractivity contribution in [3.63, 3.8) is 0 Å². The second-order valence-electron chi connectivity index (χ2n) is 7.19. The Labute approximate surface area is 153 Å². The molecule has 2 aliphatic rings. The summed E-state index contributed by atoms with van der Waals surface area (Å²) >= 11 is 0. The zero-order chi connectivity index (χ0) is 18.1. The third-order valence-electron chi connectivity index (χ3n) is 4.62. The Kier molecular flexibility index (Phi) is 4.45. The number of carbonyl (C=O) groups is 1. The van der Waals surface area contributed by atoms with Crippen LogP contribution in [0.2, 0.25) is 0 Å². The van der Waals surface area contributed by atoms with Crippen LogP contribution in [-0.4, -0.2) is 30.8 Å². The summed E-state index contributed by atoms with van der Waals surface area (Å²) in [6, 6.07) is 11.6. The molecule has 0 unspecified atom stereocenters. The van der Waals surface area contributed by atoms with Crippen LogP contribution in [0, 0.1) is 5.92 Å². The molecule has 0 aromatic heterocycles. The molecule has 1 amide bonds. The number of hydrogen-bond donors (Lipinski definition) is 0. The average molecular weight is 353 g/mol. The van der Waals surface area contributed by atoms with Crippen LogP contribution in [0.15, 0.2) is 36.4 Å². The van der Waals surface area contributed by atoms with E-state index in [4.69, 9.17) is 14.2 Å². The molecule has 2 aromatic carbocycles. The highest BCUT2D eigenvalue weighted by atomic mass is 16.7. The molecule has 0 bridgehead atoms. The van der Waals surface area contributed by atoms with E-state index in [1.165, 1.54) is 0 Å². The second kappa shape index (κ2) is 6.90. The van der Waals surface area contributed by atoms with Crippen molar-refractivity contribution in [1.82, 2.24) is 4.90 Å². The highest BCUT2D eigenvalue weighted by molar-refractivity contribution is 5.94. The topological polar surface area (TPSA) is 48.0 Å². The van der Waals surface area contributed by atoms with Crippen LogP contribution in [0.1, 0.15) is 35.3 Å². The van der Waals surface area contributed by atoms with E-state index in [0.29, 0.717) is 25.6 Å². The smallest absolute Gasteiger partial charge is 0.254 e. The van der Waals surface area contributed by atoms with E-state index in [9.17, 15) is 4.79 Å². The number of rotatable bonds is 5. The zero-order valence-electron chi connectivity index (χ0n) is 15.2. The maximum absolute atomic E-state index is 13.1. The molecule has 0 saturated heterocycles. The third-order valence-corrected chi connectivity index (χ3v) is 4.62. The number of carbonyl (C=O) groups excluding carboxylic acids is 1. The van der Waals surface area contributed by atoms with Gasteiger partial charge in [-0.1, -0.05) is 19.9 Å². The molecule has 2 aliphatic heterocycles. The van der Waals surface area contributed by atoms with Gasteiger partial charge in [0, 0.05) is 25.1 Å². The van der Waals surface area contributed by atoms with Crippen molar-refractivity contribution in [3.05, 3.63) is 53.1 Å². The number of hydrogen-bond acceptors (Lipinski definition) is 4. The number of ether oxygens (including phenoxy) is 3. The van der Waals surface area contributed by atoms with Crippen molar-refractivity contribution in [3.8, 4) is 17.2 Å². The molecular formula is C21H23NO4. The van der Waals surface area contributed by atoms with Crippen LogP contribution in [0.3, 0.4) is 0 Å². The zero-order valence-corrected chi connectivity index (χ0v) is 15.2. The van der Waals surface area contributed by atoms with Gasteiger partial charge in [0.05, 0.1) is 6.61 Å². The molecule has 5 nitrogen and oxygen atoms in total. The molecule has 26 heavy (non-hydrogen) atoms. The second-order valence-corrected chi connectivity index (χ2v) is 7.19. The maximum Gasteiger partial charge on any atom is 0.254 e. The van der Waals surface area contributed by atoms with Crippen molar-refractivity contribution in [2.75, 3.05) is 19.9 Å². The van der Waals surface area contributed by atoms with Crippen molar-refractivity contribution < 1.29 is 19.0 Å². The summed E-state index contributed by atoms with van der Waals surface area (Å²) in [5, 5.41) is 0. The van der Waals surface area contributed by atoms with E-state index < -0.39 is 0 Å². The van der Waals surface area contributed by atoms with Gasteiger partial charge in [-0.3, -0.25) is 4.79 Å². The first-order valence-corrected chi connectivity index (χ1v) is 9.03. The lowest BCUT2D eigenvalue weighted by molar-refractivity contribution is 0.0722. The number of benzene rings is 2. The predicted molar refractivity (Wildman–Crippen MR) is 97.8 cm³/mol. The van der Waals surface area contributed by atoms with Gasteiger partial charge in [0.15, 0.2) is 11.5 Å². The Morgan fingerprint density at radius 2 is 1.85 bits per heavy atom. The van der Waals surface area contributed by atoms with Gasteiger partial charge in [-0.15, -0.1) is 0 Å². The van der Waals surface area contributed by atoms with Gasteiger partial charge in [0.2, 0.25) is 6.79 Å². The molecule has 0 spiro atoms. The number of amides is 1. The summed E-state index contributed by atoms with van der Waals surface area (Å²) in [5.74, 6) is 2.83. The monoisotopic (exact) mass is 353 g/mol. The Morgan fingerprint density at radius 1 is 1.04 bits per heavy atom. The van der Waals surface area contributed by atoms with Gasteiger partial charge in [0.25, 0.3) is 5.91 Å². The van der Waals surface area contributed by atoms with E-state index >= 15 is 0 Å². The van der Waals surface area contributed by atoms with Crippen LogP contribution in [0.4, 0.5) is 0 Å². The molecule has 0 N–H and O–H groups in total. The fraction of sp³-hybridized carbons (Fsp3) is 0.381. The summed E-state index contributed by atoms with van der Waals surface area (Å²) in [6.07, 6.45) is 0.864. The minimum atomic E-state index is 0.0473. The first-order chi connectivity index (χ1) is 12.6. The summed E-state index contributed by atoms with van der Waals surface area (Å²) < 4.78 is 16.4. The Bertz CT molecular complexity index is 831. The molecule has 2 heterocycles. The Morgan fingerprint density at radius 3 is 2.69 bits per heavy atom. The van der Waals surface area contributed by atoms with E-state index in [-0.39, 0.29) is 12.7 Å². The first kappa shape index (κ1) is 16.8. The van der Waals surface area contributed by atoms with Crippen LogP contribution < -0.4 is 14.2 Å². The molecule has 0 atom stereocenters. The van der Waals surface area contributed by atoms with E-state index in [2.05, 4.69) is 13.8 Å². The summed E-state index contributed by atoms with van der Waals surface area (Å²) in [6.45, 7) is 6.43. The minimum absolute atomic E-state index is 0.0473. The molecular weight excluding hydrogens is 330 g/mol. The quantitative estimate of drug-likeness (QED) is 0.823. The van der Waals surface area contributed by atoms with Gasteiger partial charge in [-0.25, -0.2) is 0 Å². The average Bonchev–Trinajstić information content (AvgIpc) is 3.27. The fourth-order valence-electron chi connectivity index (χ4n) is 3.42. The molecule has 2 aromatic rings. The summed E-state index contributed by atoms with van der Waals surface area (Å²) in [4.78, 5) is 15.1. The van der Waals surface area contributed by atoms with Crippen molar-refractivity contribution in [2.24, 2.45) is 5.92 Å². The lowest BCUT2D eigenvalue weighted by atomic mass is 10.1. The van der Waals surface area contributed by atoms with Crippen LogP contribution in [-0.2, 0) is 13.0 Å². The first-order valence-electron chi connectivity index (χ1n) is 9.03. The lowest BCUT2D eigenvalue weighted by Gasteiger charge is -2.25. The van der Waals surface area contributed by atoms with E-state index in [0.717, 1.165) is 40.4 Å². The minimum Gasteiger partial charge on any atom is -0.493 e. The molecule has 0 radical (unpaired) electrons.